The minimum Gasteiger partial charge on any atom is -0.211 e. The quantitative estimate of drug-likeness (QED) is 0.686. The van der Waals surface area contributed by atoms with E-state index in [1.165, 1.54) is 40.7 Å². The predicted molar refractivity (Wildman–Crippen MR) is 105 cm³/mol. The van der Waals surface area contributed by atoms with Crippen molar-refractivity contribution < 1.29 is 30.0 Å². The van der Waals surface area contributed by atoms with E-state index in [-0.39, 0.29) is 22.8 Å². The minimum absolute atomic E-state index is 0.0124. The maximum atomic E-state index is 12.6. The fourth-order valence-electron chi connectivity index (χ4n) is 3.14. The van der Waals surface area contributed by atoms with Crippen molar-refractivity contribution in [3.63, 3.8) is 0 Å². The molecule has 0 atom stereocenters. The van der Waals surface area contributed by atoms with Crippen molar-refractivity contribution in [3.05, 3.63) is 59.7 Å². The van der Waals surface area contributed by atoms with Crippen LogP contribution < -0.4 is 4.72 Å². The van der Waals surface area contributed by atoms with E-state index in [0.717, 1.165) is 25.0 Å². The van der Waals surface area contributed by atoms with Crippen LogP contribution in [0.15, 0.2) is 58.3 Å². The van der Waals surface area contributed by atoms with E-state index in [4.69, 9.17) is 0 Å². The second-order valence-corrected chi connectivity index (χ2v) is 10.6. The molecule has 0 spiro atoms. The summed E-state index contributed by atoms with van der Waals surface area (Å²) in [6.07, 6.45) is -2.61. The molecule has 3 rings (SSSR count). The number of nitrogens with zero attached hydrogens (tertiary/aromatic N) is 1. The molecule has 1 fully saturated rings. The summed E-state index contributed by atoms with van der Waals surface area (Å²) in [6, 6.07) is 9.47. The van der Waals surface area contributed by atoms with E-state index in [0.29, 0.717) is 18.7 Å². The molecule has 11 heteroatoms. The van der Waals surface area contributed by atoms with Crippen LogP contribution in [0.5, 0.6) is 0 Å². The first-order valence-corrected chi connectivity index (χ1v) is 12.2. The number of benzene rings is 2. The van der Waals surface area contributed by atoms with Gasteiger partial charge in [-0.05, 0) is 61.2 Å². The van der Waals surface area contributed by atoms with Crippen LogP contribution in [-0.4, -0.2) is 40.8 Å². The molecule has 30 heavy (non-hydrogen) atoms. The molecule has 2 aromatic rings. The van der Waals surface area contributed by atoms with Crippen molar-refractivity contribution in [3.8, 4) is 0 Å². The van der Waals surface area contributed by atoms with Gasteiger partial charge in [-0.3, -0.25) is 0 Å². The third-order valence-corrected chi connectivity index (χ3v) is 8.21. The molecular weight excluding hydrogens is 441 g/mol. The van der Waals surface area contributed by atoms with Gasteiger partial charge in [0.2, 0.25) is 20.0 Å². The lowest BCUT2D eigenvalue weighted by Gasteiger charge is -2.15. The summed E-state index contributed by atoms with van der Waals surface area (Å²) in [5.41, 5.74) is -0.214. The SMILES string of the molecule is O=S(=O)(NCCc1ccc(C(F)(F)F)cc1)c1ccc(S(=O)(=O)N2CCCC2)cc1. The van der Waals surface area contributed by atoms with Crippen LogP contribution in [0.3, 0.4) is 0 Å². The van der Waals surface area contributed by atoms with Gasteiger partial charge in [-0.2, -0.15) is 17.5 Å². The van der Waals surface area contributed by atoms with Gasteiger partial charge in [-0.15, -0.1) is 0 Å². The van der Waals surface area contributed by atoms with E-state index in [9.17, 15) is 30.0 Å². The molecule has 0 amide bonds. The monoisotopic (exact) mass is 462 g/mol. The highest BCUT2D eigenvalue weighted by atomic mass is 32.2. The smallest absolute Gasteiger partial charge is 0.211 e. The van der Waals surface area contributed by atoms with Crippen molar-refractivity contribution in [1.82, 2.24) is 9.03 Å². The fraction of sp³-hybridized carbons (Fsp3) is 0.368. The number of halogens is 3. The van der Waals surface area contributed by atoms with Crippen molar-refractivity contribution in [2.24, 2.45) is 0 Å². The Morgan fingerprint density at radius 1 is 0.833 bits per heavy atom. The van der Waals surface area contributed by atoms with E-state index in [2.05, 4.69) is 4.72 Å². The van der Waals surface area contributed by atoms with Gasteiger partial charge < -0.3 is 0 Å². The Morgan fingerprint density at radius 3 is 1.90 bits per heavy atom. The molecule has 0 radical (unpaired) electrons. The maximum absolute atomic E-state index is 12.6. The number of hydrogen-bond donors (Lipinski definition) is 1. The highest BCUT2D eigenvalue weighted by molar-refractivity contribution is 7.89. The van der Waals surface area contributed by atoms with E-state index in [1.54, 1.807) is 0 Å². The topological polar surface area (TPSA) is 83.5 Å². The van der Waals surface area contributed by atoms with Crippen molar-refractivity contribution in [2.45, 2.75) is 35.2 Å². The molecule has 1 aliphatic rings. The van der Waals surface area contributed by atoms with Gasteiger partial charge in [-0.1, -0.05) is 12.1 Å². The first-order chi connectivity index (χ1) is 14.0. The molecule has 1 aliphatic heterocycles. The zero-order valence-corrected chi connectivity index (χ0v) is 17.5. The Bertz CT molecular complexity index is 1080. The van der Waals surface area contributed by atoms with Crippen LogP contribution in [0.2, 0.25) is 0 Å². The highest BCUT2D eigenvalue weighted by Gasteiger charge is 2.30. The van der Waals surface area contributed by atoms with Crippen LogP contribution in [0, 0.1) is 0 Å². The Labute approximate surface area is 173 Å². The summed E-state index contributed by atoms with van der Waals surface area (Å²) in [5.74, 6) is 0. The van der Waals surface area contributed by atoms with Crippen LogP contribution in [0.25, 0.3) is 0 Å². The lowest BCUT2D eigenvalue weighted by Crippen LogP contribution is -2.28. The average molecular weight is 463 g/mol. The molecule has 0 bridgehead atoms. The fourth-order valence-corrected chi connectivity index (χ4v) is 5.69. The Morgan fingerprint density at radius 2 is 1.37 bits per heavy atom. The van der Waals surface area contributed by atoms with Crippen LogP contribution >= 0.6 is 0 Å². The maximum Gasteiger partial charge on any atom is 0.416 e. The number of hydrogen-bond acceptors (Lipinski definition) is 4. The number of alkyl halides is 3. The molecule has 0 aromatic heterocycles. The summed E-state index contributed by atoms with van der Waals surface area (Å²) >= 11 is 0. The standard InChI is InChI=1S/C19H21F3N2O4S2/c20-19(21,22)16-5-3-15(4-6-16)11-12-23-29(25,26)17-7-9-18(10-8-17)30(27,28)24-13-1-2-14-24/h3-10,23H,1-2,11-14H2. The molecule has 0 unspecified atom stereocenters. The summed E-state index contributed by atoms with van der Waals surface area (Å²) in [4.78, 5) is -0.0524. The Hall–Kier alpha value is -1.95. The summed E-state index contributed by atoms with van der Waals surface area (Å²) in [5, 5.41) is 0. The van der Waals surface area contributed by atoms with Crippen LogP contribution in [-0.2, 0) is 32.6 Å². The molecular formula is C19H21F3N2O4S2. The zero-order chi connectivity index (χ0) is 22.0. The van der Waals surface area contributed by atoms with E-state index in [1.807, 2.05) is 0 Å². The van der Waals surface area contributed by atoms with Crippen molar-refractivity contribution in [2.75, 3.05) is 19.6 Å². The van der Waals surface area contributed by atoms with E-state index < -0.39 is 31.8 Å². The predicted octanol–water partition coefficient (Wildman–Crippen LogP) is 3.01. The summed E-state index contributed by atoms with van der Waals surface area (Å²) < 4.78 is 91.3. The van der Waals surface area contributed by atoms with Gasteiger partial charge in [0, 0.05) is 19.6 Å². The zero-order valence-electron chi connectivity index (χ0n) is 15.9. The highest BCUT2D eigenvalue weighted by Crippen LogP contribution is 2.29. The van der Waals surface area contributed by atoms with Crippen LogP contribution in [0.1, 0.15) is 24.0 Å². The van der Waals surface area contributed by atoms with Crippen molar-refractivity contribution >= 4 is 20.0 Å². The van der Waals surface area contributed by atoms with Crippen LogP contribution in [0.4, 0.5) is 13.2 Å². The van der Waals surface area contributed by atoms with Gasteiger partial charge in [0.15, 0.2) is 0 Å². The molecule has 0 aliphatic carbocycles. The lowest BCUT2D eigenvalue weighted by molar-refractivity contribution is -0.137. The average Bonchev–Trinajstić information content (AvgIpc) is 3.23. The second kappa shape index (κ2) is 8.66. The number of rotatable bonds is 7. The molecule has 0 saturated carbocycles. The molecule has 1 heterocycles. The van der Waals surface area contributed by atoms with E-state index >= 15 is 0 Å². The molecule has 164 valence electrons. The normalized spacial score (nSPS) is 16.1. The second-order valence-electron chi connectivity index (χ2n) is 6.93. The third kappa shape index (κ3) is 5.20. The first kappa shape index (κ1) is 22.7. The van der Waals surface area contributed by atoms with Gasteiger partial charge in [0.25, 0.3) is 0 Å². The minimum atomic E-state index is -4.42. The van der Waals surface area contributed by atoms with Gasteiger partial charge in [0.05, 0.1) is 15.4 Å². The van der Waals surface area contributed by atoms with Gasteiger partial charge in [0.1, 0.15) is 0 Å². The summed E-state index contributed by atoms with van der Waals surface area (Å²) in [7, 11) is -7.51. The number of sulfonamides is 2. The van der Waals surface area contributed by atoms with Gasteiger partial charge in [-0.25, -0.2) is 21.6 Å². The van der Waals surface area contributed by atoms with Crippen molar-refractivity contribution in [1.29, 1.82) is 0 Å². The third-order valence-electron chi connectivity index (χ3n) is 4.82. The Balaban J connectivity index is 1.61. The number of nitrogens with one attached hydrogen (secondary N) is 1. The molecule has 2 aromatic carbocycles. The largest absolute Gasteiger partial charge is 0.416 e. The first-order valence-electron chi connectivity index (χ1n) is 9.26. The molecule has 1 saturated heterocycles. The molecule has 6 nitrogen and oxygen atoms in total. The lowest BCUT2D eigenvalue weighted by atomic mass is 10.1. The Kier molecular flexibility index (Phi) is 6.56. The summed E-state index contributed by atoms with van der Waals surface area (Å²) in [6.45, 7) is 0.892. The molecule has 1 N–H and O–H groups in total. The van der Waals surface area contributed by atoms with Gasteiger partial charge >= 0.3 is 6.18 Å².